The molecule has 0 aliphatic heterocycles. The maximum atomic E-state index is 12.7. The van der Waals surface area contributed by atoms with Crippen LogP contribution < -0.4 is 10.5 Å². The number of halogens is 2. The molecular formula is C15H13Cl2N3O3S2. The lowest BCUT2D eigenvalue weighted by Crippen LogP contribution is -2.16. The Bertz CT molecular complexity index is 1010. The second-order valence-electron chi connectivity index (χ2n) is 4.95. The van der Waals surface area contributed by atoms with Crippen LogP contribution in [0, 0.1) is 0 Å². The van der Waals surface area contributed by atoms with E-state index in [9.17, 15) is 8.42 Å². The predicted octanol–water partition coefficient (Wildman–Crippen LogP) is 4.14. The first-order valence-corrected chi connectivity index (χ1v) is 10.1. The summed E-state index contributed by atoms with van der Waals surface area (Å²) in [5.41, 5.74) is 6.99. The number of thiophene rings is 1. The van der Waals surface area contributed by atoms with E-state index in [0.29, 0.717) is 23.6 Å². The normalized spacial score (nSPS) is 11.6. The topological polar surface area (TPSA) is 87.2 Å². The summed E-state index contributed by atoms with van der Waals surface area (Å²) in [4.78, 5) is -0.128. The van der Waals surface area contributed by atoms with Gasteiger partial charge in [-0.3, -0.25) is 0 Å². The van der Waals surface area contributed by atoms with Crippen molar-refractivity contribution < 1.29 is 13.2 Å². The molecule has 10 heteroatoms. The molecule has 0 radical (unpaired) electrons. The molecule has 0 aliphatic carbocycles. The Hall–Kier alpha value is -1.74. The maximum absolute atomic E-state index is 12.7. The predicted molar refractivity (Wildman–Crippen MR) is 100 cm³/mol. The van der Waals surface area contributed by atoms with Gasteiger partial charge in [-0.2, -0.15) is 13.5 Å². The second kappa shape index (κ2) is 6.87. The molecule has 132 valence electrons. The minimum Gasteiger partial charge on any atom is -0.494 e. The molecule has 3 aromatic rings. The average molecular weight is 418 g/mol. The summed E-state index contributed by atoms with van der Waals surface area (Å²) in [6.07, 6.45) is 0. The number of ether oxygens (including phenoxy) is 1. The summed E-state index contributed by atoms with van der Waals surface area (Å²) >= 11 is 12.8. The SMILES string of the molecule is CCOc1ccc(-c2cc(N)n(S(=O)(=O)c3cc(Cl)sc3Cl)n2)cc1. The quantitative estimate of drug-likeness (QED) is 0.673. The molecule has 2 aromatic heterocycles. The second-order valence-corrected chi connectivity index (χ2v) is 8.97. The number of nitrogens with zero attached hydrogens (tertiary/aromatic N) is 2. The van der Waals surface area contributed by atoms with Crippen LogP contribution >= 0.6 is 34.5 Å². The van der Waals surface area contributed by atoms with Crippen molar-refractivity contribution in [1.82, 2.24) is 9.19 Å². The van der Waals surface area contributed by atoms with Crippen LogP contribution in [-0.2, 0) is 10.0 Å². The number of anilines is 1. The molecule has 6 nitrogen and oxygen atoms in total. The molecule has 0 amide bonds. The molecule has 0 fully saturated rings. The molecule has 1 aromatic carbocycles. The first kappa shape index (κ1) is 18.1. The van der Waals surface area contributed by atoms with Crippen molar-refractivity contribution in [3.63, 3.8) is 0 Å². The fourth-order valence-corrected chi connectivity index (χ4v) is 5.52. The molecular weight excluding hydrogens is 405 g/mol. The van der Waals surface area contributed by atoms with Gasteiger partial charge in [-0.05, 0) is 37.3 Å². The number of nitrogen functional groups attached to an aromatic ring is 1. The molecule has 0 atom stereocenters. The Morgan fingerprint density at radius 1 is 1.24 bits per heavy atom. The number of rotatable bonds is 5. The zero-order valence-corrected chi connectivity index (χ0v) is 16.1. The summed E-state index contributed by atoms with van der Waals surface area (Å²) in [6.45, 7) is 2.45. The minimum atomic E-state index is -4.03. The third-order valence-corrected chi connectivity index (χ3v) is 6.65. The number of hydrogen-bond donors (Lipinski definition) is 1. The Labute approximate surface area is 158 Å². The summed E-state index contributed by atoms with van der Waals surface area (Å²) in [5.74, 6) is 0.688. The zero-order valence-electron chi connectivity index (χ0n) is 12.9. The zero-order chi connectivity index (χ0) is 18.2. The standard InChI is InChI=1S/C15H13Cl2N3O3S2/c1-2-23-10-5-3-9(4-6-10)11-7-14(18)20(19-11)25(21,22)12-8-13(16)24-15(12)17/h3-8H,2,18H2,1H3. The molecule has 0 unspecified atom stereocenters. The highest BCUT2D eigenvalue weighted by molar-refractivity contribution is 7.90. The average Bonchev–Trinajstić information content (AvgIpc) is 3.11. The third kappa shape index (κ3) is 3.48. The largest absolute Gasteiger partial charge is 0.494 e. The van der Waals surface area contributed by atoms with E-state index < -0.39 is 10.0 Å². The van der Waals surface area contributed by atoms with Gasteiger partial charge >= 0.3 is 0 Å². The highest BCUT2D eigenvalue weighted by atomic mass is 35.5. The van der Waals surface area contributed by atoms with Gasteiger partial charge in [0.25, 0.3) is 10.0 Å². The van der Waals surface area contributed by atoms with Gasteiger partial charge in [-0.1, -0.05) is 23.2 Å². The first-order chi connectivity index (χ1) is 11.8. The van der Waals surface area contributed by atoms with Gasteiger partial charge in [0.05, 0.1) is 16.6 Å². The molecule has 0 saturated heterocycles. The van der Waals surface area contributed by atoms with Gasteiger partial charge < -0.3 is 10.5 Å². The van der Waals surface area contributed by atoms with E-state index in [-0.39, 0.29) is 19.4 Å². The lowest BCUT2D eigenvalue weighted by molar-refractivity contribution is 0.340. The fraction of sp³-hybridized carbons (Fsp3) is 0.133. The third-order valence-electron chi connectivity index (χ3n) is 3.30. The number of nitrogens with two attached hydrogens (primary N) is 1. The van der Waals surface area contributed by atoms with E-state index in [1.54, 1.807) is 24.3 Å². The Morgan fingerprint density at radius 3 is 2.48 bits per heavy atom. The fourth-order valence-electron chi connectivity index (χ4n) is 2.20. The molecule has 2 heterocycles. The van der Waals surface area contributed by atoms with Crippen LogP contribution in [0.15, 0.2) is 41.3 Å². The summed E-state index contributed by atoms with van der Waals surface area (Å²) in [7, 11) is -4.03. The van der Waals surface area contributed by atoms with Gasteiger partial charge in [0, 0.05) is 11.6 Å². The number of aromatic nitrogens is 2. The molecule has 0 aliphatic rings. The maximum Gasteiger partial charge on any atom is 0.287 e. The molecule has 0 spiro atoms. The van der Waals surface area contributed by atoms with Crippen molar-refractivity contribution >= 4 is 50.4 Å². The summed E-state index contributed by atoms with van der Waals surface area (Å²) in [5, 5.41) is 4.12. The van der Waals surface area contributed by atoms with Crippen molar-refractivity contribution in [2.45, 2.75) is 11.8 Å². The van der Waals surface area contributed by atoms with E-state index in [2.05, 4.69) is 5.10 Å². The van der Waals surface area contributed by atoms with Gasteiger partial charge in [0.2, 0.25) is 0 Å². The van der Waals surface area contributed by atoms with Crippen LogP contribution in [0.2, 0.25) is 8.67 Å². The number of hydrogen-bond acceptors (Lipinski definition) is 6. The van der Waals surface area contributed by atoms with Gasteiger partial charge in [0.1, 0.15) is 20.8 Å². The Morgan fingerprint density at radius 2 is 1.92 bits per heavy atom. The van der Waals surface area contributed by atoms with E-state index >= 15 is 0 Å². The van der Waals surface area contributed by atoms with Crippen LogP contribution in [-0.4, -0.2) is 24.2 Å². The van der Waals surface area contributed by atoms with E-state index in [1.165, 1.54) is 12.1 Å². The van der Waals surface area contributed by atoms with Crippen molar-refractivity contribution in [3.8, 4) is 17.0 Å². The lowest BCUT2D eigenvalue weighted by atomic mass is 10.1. The van der Waals surface area contributed by atoms with Gasteiger partial charge in [-0.25, -0.2) is 0 Å². The van der Waals surface area contributed by atoms with E-state index in [4.69, 9.17) is 33.7 Å². The molecule has 2 N–H and O–H groups in total. The van der Waals surface area contributed by atoms with Gasteiger partial charge in [-0.15, -0.1) is 15.4 Å². The van der Waals surface area contributed by atoms with Crippen molar-refractivity contribution in [2.75, 3.05) is 12.3 Å². The van der Waals surface area contributed by atoms with Crippen molar-refractivity contribution in [1.29, 1.82) is 0 Å². The highest BCUT2D eigenvalue weighted by Crippen LogP contribution is 2.36. The molecule has 25 heavy (non-hydrogen) atoms. The van der Waals surface area contributed by atoms with Crippen LogP contribution in [0.25, 0.3) is 11.3 Å². The van der Waals surface area contributed by atoms with E-state index in [0.717, 1.165) is 15.4 Å². The monoisotopic (exact) mass is 417 g/mol. The Balaban J connectivity index is 2.01. The van der Waals surface area contributed by atoms with Crippen LogP contribution in [0.3, 0.4) is 0 Å². The van der Waals surface area contributed by atoms with Crippen LogP contribution in [0.1, 0.15) is 6.92 Å². The van der Waals surface area contributed by atoms with E-state index in [1.807, 2.05) is 6.92 Å². The first-order valence-electron chi connectivity index (χ1n) is 7.12. The lowest BCUT2D eigenvalue weighted by Gasteiger charge is -2.05. The smallest absolute Gasteiger partial charge is 0.287 e. The van der Waals surface area contributed by atoms with Crippen molar-refractivity contribution in [3.05, 3.63) is 45.1 Å². The van der Waals surface area contributed by atoms with Gasteiger partial charge in [0.15, 0.2) is 0 Å². The number of benzene rings is 1. The van der Waals surface area contributed by atoms with Crippen LogP contribution in [0.4, 0.5) is 5.82 Å². The Kier molecular flexibility index (Phi) is 4.97. The molecule has 0 saturated carbocycles. The minimum absolute atomic E-state index is 0.0257. The summed E-state index contributed by atoms with van der Waals surface area (Å²) < 4.78 is 31.9. The molecule has 3 rings (SSSR count). The summed E-state index contributed by atoms with van der Waals surface area (Å²) in [6, 6.07) is 9.86. The highest BCUT2D eigenvalue weighted by Gasteiger charge is 2.26. The molecule has 0 bridgehead atoms. The van der Waals surface area contributed by atoms with Crippen molar-refractivity contribution in [2.24, 2.45) is 0 Å². The van der Waals surface area contributed by atoms with Crippen LogP contribution in [0.5, 0.6) is 5.75 Å².